The predicted molar refractivity (Wildman–Crippen MR) is 98.3 cm³/mol. The molecule has 0 saturated heterocycles. The van der Waals surface area contributed by atoms with E-state index in [9.17, 15) is 4.79 Å². The van der Waals surface area contributed by atoms with Crippen molar-refractivity contribution in [2.24, 2.45) is 10.8 Å². The van der Waals surface area contributed by atoms with E-state index in [1.165, 1.54) is 17.3 Å². The van der Waals surface area contributed by atoms with Gasteiger partial charge in [-0.15, -0.1) is 0 Å². The van der Waals surface area contributed by atoms with Gasteiger partial charge in [-0.25, -0.2) is 10.2 Å². The Morgan fingerprint density at radius 3 is 2.48 bits per heavy atom. The molecule has 0 radical (unpaired) electrons. The fourth-order valence-electron chi connectivity index (χ4n) is 2.10. The maximum absolute atomic E-state index is 10.6. The fourth-order valence-corrected chi connectivity index (χ4v) is 2.10. The topological polar surface area (TPSA) is 85.9 Å². The van der Waals surface area contributed by atoms with Crippen LogP contribution in [0, 0.1) is 13.8 Å². The zero-order valence-corrected chi connectivity index (χ0v) is 14.5. The Kier molecular flexibility index (Phi) is 6.83. The molecule has 0 unspecified atom stereocenters. The van der Waals surface area contributed by atoms with Gasteiger partial charge in [0.2, 0.25) is 0 Å². The number of amides is 2. The summed E-state index contributed by atoms with van der Waals surface area (Å²) in [5, 5.41) is 3.71. The number of hydrazone groups is 1. The number of hydrogen-bond donors (Lipinski definition) is 2. The van der Waals surface area contributed by atoms with Crippen LogP contribution in [0.1, 0.15) is 23.1 Å². The van der Waals surface area contributed by atoms with Gasteiger partial charge < -0.3 is 15.2 Å². The van der Waals surface area contributed by atoms with Crippen molar-refractivity contribution in [1.82, 2.24) is 5.43 Å². The Labute approximate surface area is 147 Å². The summed E-state index contributed by atoms with van der Waals surface area (Å²) in [5.41, 5.74) is 10.4. The van der Waals surface area contributed by atoms with Gasteiger partial charge in [-0.3, -0.25) is 0 Å². The highest BCUT2D eigenvalue weighted by molar-refractivity contribution is 5.81. The number of carbonyl (C=O) groups is 1. The molecular weight excluding hydrogens is 318 g/mol. The van der Waals surface area contributed by atoms with E-state index in [4.69, 9.17) is 15.2 Å². The second-order valence-electron chi connectivity index (χ2n) is 5.60. The van der Waals surface area contributed by atoms with Crippen molar-refractivity contribution < 1.29 is 14.3 Å². The van der Waals surface area contributed by atoms with Crippen molar-refractivity contribution in [1.29, 1.82) is 0 Å². The highest BCUT2D eigenvalue weighted by Gasteiger charge is 1.99. The van der Waals surface area contributed by atoms with Crippen LogP contribution in [0.3, 0.4) is 0 Å². The third-order valence-corrected chi connectivity index (χ3v) is 3.55. The average Bonchev–Trinajstić information content (AvgIpc) is 2.58. The Balaban J connectivity index is 1.73. The number of primary amides is 1. The van der Waals surface area contributed by atoms with Crippen LogP contribution in [-0.2, 0) is 0 Å². The number of hydrogen-bond acceptors (Lipinski definition) is 4. The molecule has 2 rings (SSSR count). The van der Waals surface area contributed by atoms with Gasteiger partial charge in [0, 0.05) is 6.42 Å². The lowest BCUT2D eigenvalue weighted by Gasteiger charge is -2.09. The molecule has 0 heterocycles. The normalized spacial score (nSPS) is 10.6. The van der Waals surface area contributed by atoms with Crippen LogP contribution in [0.15, 0.2) is 47.6 Å². The molecule has 3 N–H and O–H groups in total. The molecule has 0 atom stereocenters. The lowest BCUT2D eigenvalue weighted by molar-refractivity contribution is 0.247. The highest BCUT2D eigenvalue weighted by atomic mass is 16.5. The van der Waals surface area contributed by atoms with Crippen molar-refractivity contribution in [3.8, 4) is 11.5 Å². The molecular formula is C19H23N3O3. The zero-order chi connectivity index (χ0) is 18.1. The summed E-state index contributed by atoms with van der Waals surface area (Å²) in [4.78, 5) is 10.6. The first-order chi connectivity index (χ1) is 12.0. The number of benzene rings is 2. The maximum atomic E-state index is 10.6. The first kappa shape index (κ1) is 18.3. The van der Waals surface area contributed by atoms with Crippen molar-refractivity contribution in [3.63, 3.8) is 0 Å². The molecule has 6 heteroatoms. The third kappa shape index (κ3) is 6.55. The van der Waals surface area contributed by atoms with Crippen LogP contribution in [0.2, 0.25) is 0 Å². The Morgan fingerprint density at radius 2 is 1.80 bits per heavy atom. The van der Waals surface area contributed by atoms with Gasteiger partial charge in [0.1, 0.15) is 11.5 Å². The van der Waals surface area contributed by atoms with Crippen LogP contribution < -0.4 is 20.6 Å². The van der Waals surface area contributed by atoms with E-state index < -0.39 is 6.03 Å². The molecule has 2 amide bonds. The van der Waals surface area contributed by atoms with Crippen LogP contribution >= 0.6 is 0 Å². The summed E-state index contributed by atoms with van der Waals surface area (Å²) in [6.45, 7) is 5.29. The van der Waals surface area contributed by atoms with Gasteiger partial charge in [-0.1, -0.05) is 18.2 Å². The highest BCUT2D eigenvalue weighted by Crippen LogP contribution is 2.17. The van der Waals surface area contributed by atoms with E-state index in [1.807, 2.05) is 36.4 Å². The smallest absolute Gasteiger partial charge is 0.332 e. The second kappa shape index (κ2) is 9.32. The van der Waals surface area contributed by atoms with E-state index in [0.717, 1.165) is 23.5 Å². The molecule has 2 aromatic rings. The summed E-state index contributed by atoms with van der Waals surface area (Å²) in [7, 11) is 0. The number of carbonyl (C=O) groups excluding carboxylic acids is 1. The number of aryl methyl sites for hydroxylation is 2. The number of nitrogens with two attached hydrogens (primary N) is 1. The monoisotopic (exact) mass is 341 g/mol. The van der Waals surface area contributed by atoms with E-state index in [0.29, 0.717) is 13.2 Å². The summed E-state index contributed by atoms with van der Waals surface area (Å²) in [6.07, 6.45) is 2.27. The lowest BCUT2D eigenvalue weighted by atomic mass is 10.1. The van der Waals surface area contributed by atoms with Gasteiger partial charge in [0.25, 0.3) is 0 Å². The fraction of sp³-hybridized carbons (Fsp3) is 0.263. The Hall–Kier alpha value is -3.02. The molecule has 0 saturated carbocycles. The third-order valence-electron chi connectivity index (χ3n) is 3.55. The first-order valence-electron chi connectivity index (χ1n) is 8.06. The predicted octanol–water partition coefficient (Wildman–Crippen LogP) is 3.15. The molecule has 0 aliphatic heterocycles. The van der Waals surface area contributed by atoms with Crippen molar-refractivity contribution >= 4 is 12.2 Å². The quantitative estimate of drug-likeness (QED) is 0.439. The minimum Gasteiger partial charge on any atom is -0.493 e. The van der Waals surface area contributed by atoms with Gasteiger partial charge >= 0.3 is 6.03 Å². The Bertz CT molecular complexity index is 744. The standard InChI is InChI=1S/C19H23N3O3/c1-14-7-8-18(11-15(14)2)25-10-4-9-24-17-6-3-5-16(12-17)13-21-22-19(20)23/h3,5-8,11-13H,4,9-10H2,1-2H3,(H3,20,22,23)/b21-13+. The zero-order valence-electron chi connectivity index (χ0n) is 14.5. The molecule has 0 aromatic heterocycles. The summed E-state index contributed by atoms with van der Waals surface area (Å²) in [6, 6.07) is 12.8. The van der Waals surface area contributed by atoms with E-state index in [-0.39, 0.29) is 0 Å². The Morgan fingerprint density at radius 1 is 1.08 bits per heavy atom. The van der Waals surface area contributed by atoms with E-state index in [2.05, 4.69) is 30.4 Å². The van der Waals surface area contributed by atoms with Crippen LogP contribution in [0.4, 0.5) is 4.79 Å². The number of urea groups is 1. The molecule has 2 aromatic carbocycles. The number of nitrogens with one attached hydrogen (secondary N) is 1. The van der Waals surface area contributed by atoms with Crippen molar-refractivity contribution in [3.05, 3.63) is 59.2 Å². The summed E-state index contributed by atoms with van der Waals surface area (Å²) >= 11 is 0. The van der Waals surface area contributed by atoms with Gasteiger partial charge in [0.05, 0.1) is 19.4 Å². The minimum absolute atomic E-state index is 0.547. The molecule has 0 spiro atoms. The lowest BCUT2D eigenvalue weighted by Crippen LogP contribution is -2.24. The second-order valence-corrected chi connectivity index (χ2v) is 5.60. The van der Waals surface area contributed by atoms with E-state index in [1.54, 1.807) is 0 Å². The molecule has 0 bridgehead atoms. The number of ether oxygens (including phenoxy) is 2. The average molecular weight is 341 g/mol. The van der Waals surface area contributed by atoms with Gasteiger partial charge in [-0.05, 0) is 54.8 Å². The number of rotatable bonds is 8. The van der Waals surface area contributed by atoms with Gasteiger partial charge in [0.15, 0.2) is 0 Å². The largest absolute Gasteiger partial charge is 0.493 e. The minimum atomic E-state index is -0.701. The SMILES string of the molecule is Cc1ccc(OCCCOc2cccc(/C=N/NC(N)=O)c2)cc1C. The van der Waals surface area contributed by atoms with Crippen molar-refractivity contribution in [2.45, 2.75) is 20.3 Å². The summed E-state index contributed by atoms with van der Waals surface area (Å²) < 4.78 is 11.4. The maximum Gasteiger partial charge on any atom is 0.332 e. The van der Waals surface area contributed by atoms with Crippen LogP contribution in [0.25, 0.3) is 0 Å². The molecule has 25 heavy (non-hydrogen) atoms. The van der Waals surface area contributed by atoms with Crippen LogP contribution in [-0.4, -0.2) is 25.5 Å². The molecule has 132 valence electrons. The van der Waals surface area contributed by atoms with Crippen molar-refractivity contribution in [2.75, 3.05) is 13.2 Å². The van der Waals surface area contributed by atoms with E-state index >= 15 is 0 Å². The number of nitrogens with zero attached hydrogens (tertiary/aromatic N) is 1. The first-order valence-corrected chi connectivity index (χ1v) is 8.06. The van der Waals surface area contributed by atoms with Crippen LogP contribution in [0.5, 0.6) is 11.5 Å². The van der Waals surface area contributed by atoms with Gasteiger partial charge in [-0.2, -0.15) is 5.10 Å². The molecule has 6 nitrogen and oxygen atoms in total. The molecule has 0 aliphatic rings. The molecule has 0 fully saturated rings. The molecule has 0 aliphatic carbocycles. The summed E-state index contributed by atoms with van der Waals surface area (Å²) in [5.74, 6) is 1.61.